The number of carbonyl (C=O) groups excluding carboxylic acids is 2. The molecule has 24 heavy (non-hydrogen) atoms. The van der Waals surface area contributed by atoms with Gasteiger partial charge in [-0.05, 0) is 44.9 Å². The molecule has 0 aromatic rings. The summed E-state index contributed by atoms with van der Waals surface area (Å²) in [6, 6.07) is 0. The first kappa shape index (κ1) is 22.3. The van der Waals surface area contributed by atoms with Gasteiger partial charge < -0.3 is 9.84 Å². The topological polar surface area (TPSA) is 63.6 Å². The number of hydrogen-bond acceptors (Lipinski definition) is 4. The molecule has 0 aliphatic rings. The zero-order valence-electron chi connectivity index (χ0n) is 14.9. The van der Waals surface area contributed by atoms with E-state index in [4.69, 9.17) is 5.11 Å². The average Bonchev–Trinajstić information content (AvgIpc) is 2.58. The molecule has 0 unspecified atom stereocenters. The molecule has 0 radical (unpaired) electrons. The van der Waals surface area contributed by atoms with E-state index in [0.29, 0.717) is 6.42 Å². The van der Waals surface area contributed by atoms with E-state index in [1.165, 1.54) is 25.7 Å². The molecule has 0 spiro atoms. The number of rotatable bonds is 14. The highest BCUT2D eigenvalue weighted by Crippen LogP contribution is 2.04. The number of hydrogen-bond donors (Lipinski definition) is 1. The summed E-state index contributed by atoms with van der Waals surface area (Å²) in [5.41, 5.74) is 0. The maximum atomic E-state index is 11.2. The van der Waals surface area contributed by atoms with E-state index in [1.807, 2.05) is 0 Å². The zero-order chi connectivity index (χ0) is 17.9. The standard InChI is InChI=1S/C20H32O4/c1-2-3-4-5-6-7-8-9-10-11-12-13-14-15-16-17-19(22)24-20(23)18-21/h6-7,9-10,12-13,21H,2-5,8,11,14-18H2,1H3. The largest absolute Gasteiger partial charge is 0.391 e. The Balaban J connectivity index is 3.45. The van der Waals surface area contributed by atoms with Gasteiger partial charge >= 0.3 is 11.9 Å². The summed E-state index contributed by atoms with van der Waals surface area (Å²) < 4.78 is 4.36. The van der Waals surface area contributed by atoms with Gasteiger partial charge in [-0.2, -0.15) is 0 Å². The fourth-order valence-corrected chi connectivity index (χ4v) is 2.03. The maximum absolute atomic E-state index is 11.2. The Hall–Kier alpha value is -1.68. The van der Waals surface area contributed by atoms with E-state index in [1.54, 1.807) is 0 Å². The Morgan fingerprint density at radius 1 is 0.792 bits per heavy atom. The molecular weight excluding hydrogens is 304 g/mol. The van der Waals surface area contributed by atoms with Gasteiger partial charge in [0.05, 0.1) is 0 Å². The minimum Gasteiger partial charge on any atom is -0.391 e. The highest BCUT2D eigenvalue weighted by molar-refractivity contribution is 5.85. The van der Waals surface area contributed by atoms with E-state index in [2.05, 4.69) is 48.1 Å². The fraction of sp³-hybridized carbons (Fsp3) is 0.600. The minimum atomic E-state index is -0.887. The van der Waals surface area contributed by atoms with Crippen LogP contribution in [0.4, 0.5) is 0 Å². The van der Waals surface area contributed by atoms with Crippen LogP contribution < -0.4 is 0 Å². The second kappa shape index (κ2) is 17.7. The van der Waals surface area contributed by atoms with Crippen LogP contribution in [0.2, 0.25) is 0 Å². The second-order valence-electron chi connectivity index (χ2n) is 5.63. The number of ether oxygens (including phenoxy) is 1. The van der Waals surface area contributed by atoms with Crippen LogP contribution in [0.5, 0.6) is 0 Å². The van der Waals surface area contributed by atoms with Gasteiger partial charge in [0.2, 0.25) is 0 Å². The number of carbonyl (C=O) groups is 2. The third-order valence-electron chi connectivity index (χ3n) is 3.38. The Morgan fingerprint density at radius 2 is 1.33 bits per heavy atom. The van der Waals surface area contributed by atoms with Crippen molar-refractivity contribution in [2.75, 3.05) is 6.61 Å². The number of allylic oxidation sites excluding steroid dienone is 6. The highest BCUT2D eigenvalue weighted by Gasteiger charge is 2.07. The minimum absolute atomic E-state index is 0.212. The van der Waals surface area contributed by atoms with Crippen molar-refractivity contribution in [1.29, 1.82) is 0 Å². The normalized spacial score (nSPS) is 11.8. The van der Waals surface area contributed by atoms with Crippen LogP contribution in [-0.2, 0) is 14.3 Å². The quantitative estimate of drug-likeness (QED) is 0.217. The predicted octanol–water partition coefficient (Wildman–Crippen LogP) is 4.64. The molecule has 0 atom stereocenters. The summed E-state index contributed by atoms with van der Waals surface area (Å²) in [4.78, 5) is 21.8. The van der Waals surface area contributed by atoms with Crippen molar-refractivity contribution in [1.82, 2.24) is 0 Å². The number of esters is 2. The molecule has 1 N–H and O–H groups in total. The van der Waals surface area contributed by atoms with Crippen molar-refractivity contribution in [3.05, 3.63) is 36.5 Å². The van der Waals surface area contributed by atoms with Gasteiger partial charge in [-0.3, -0.25) is 4.79 Å². The van der Waals surface area contributed by atoms with E-state index in [9.17, 15) is 9.59 Å². The van der Waals surface area contributed by atoms with Crippen LogP contribution >= 0.6 is 0 Å². The Kier molecular flexibility index (Phi) is 16.4. The molecule has 0 aromatic heterocycles. The molecule has 0 aliphatic heterocycles. The molecule has 0 aliphatic carbocycles. The molecule has 4 heteroatoms. The monoisotopic (exact) mass is 336 g/mol. The SMILES string of the molecule is CCCCCC=CCC=CCC=CCCCCC(=O)OC(=O)CO. The molecule has 0 rings (SSSR count). The third kappa shape index (κ3) is 16.7. The second-order valence-corrected chi connectivity index (χ2v) is 5.63. The molecule has 0 saturated carbocycles. The first-order valence-corrected chi connectivity index (χ1v) is 9.00. The first-order chi connectivity index (χ1) is 11.7. The highest BCUT2D eigenvalue weighted by atomic mass is 16.6. The summed E-state index contributed by atoms with van der Waals surface area (Å²) in [5.74, 6) is -1.45. The smallest absolute Gasteiger partial charge is 0.339 e. The Morgan fingerprint density at radius 3 is 1.88 bits per heavy atom. The van der Waals surface area contributed by atoms with Crippen molar-refractivity contribution in [3.8, 4) is 0 Å². The lowest BCUT2D eigenvalue weighted by atomic mass is 10.1. The lowest BCUT2D eigenvalue weighted by Crippen LogP contribution is -2.14. The summed E-state index contributed by atoms with van der Waals surface area (Å²) in [6.45, 7) is 1.46. The van der Waals surface area contributed by atoms with Gasteiger partial charge in [-0.25, -0.2) is 4.79 Å². The molecular formula is C20H32O4. The molecule has 0 fully saturated rings. The molecule has 0 heterocycles. The van der Waals surface area contributed by atoms with Crippen molar-refractivity contribution in [2.24, 2.45) is 0 Å². The Labute approximate surface area is 146 Å². The maximum Gasteiger partial charge on any atom is 0.339 e. The molecule has 0 aromatic carbocycles. The van der Waals surface area contributed by atoms with Gasteiger partial charge in [-0.1, -0.05) is 56.2 Å². The van der Waals surface area contributed by atoms with E-state index >= 15 is 0 Å². The molecule has 136 valence electrons. The van der Waals surface area contributed by atoms with Crippen LogP contribution in [0.15, 0.2) is 36.5 Å². The first-order valence-electron chi connectivity index (χ1n) is 9.00. The lowest BCUT2D eigenvalue weighted by Gasteiger charge is -1.99. The molecule has 4 nitrogen and oxygen atoms in total. The van der Waals surface area contributed by atoms with Crippen LogP contribution in [-0.4, -0.2) is 23.7 Å². The van der Waals surface area contributed by atoms with E-state index < -0.39 is 18.5 Å². The fourth-order valence-electron chi connectivity index (χ4n) is 2.03. The van der Waals surface area contributed by atoms with Gasteiger partial charge in [0.15, 0.2) is 0 Å². The van der Waals surface area contributed by atoms with Gasteiger partial charge in [-0.15, -0.1) is 0 Å². The molecule has 0 amide bonds. The van der Waals surface area contributed by atoms with Crippen molar-refractivity contribution in [3.63, 3.8) is 0 Å². The summed E-state index contributed by atoms with van der Waals surface area (Å²) in [7, 11) is 0. The number of aliphatic hydroxyl groups excluding tert-OH is 1. The van der Waals surface area contributed by atoms with Crippen LogP contribution in [0.1, 0.15) is 71.1 Å². The summed E-state index contributed by atoms with van der Waals surface area (Å²) >= 11 is 0. The molecule has 0 saturated heterocycles. The average molecular weight is 336 g/mol. The van der Waals surface area contributed by atoms with Crippen LogP contribution in [0, 0.1) is 0 Å². The number of unbranched alkanes of at least 4 members (excludes halogenated alkanes) is 5. The van der Waals surface area contributed by atoms with E-state index in [0.717, 1.165) is 25.7 Å². The van der Waals surface area contributed by atoms with Gasteiger partial charge in [0.25, 0.3) is 0 Å². The van der Waals surface area contributed by atoms with Crippen molar-refractivity contribution < 1.29 is 19.4 Å². The van der Waals surface area contributed by atoms with Crippen LogP contribution in [0.3, 0.4) is 0 Å². The van der Waals surface area contributed by atoms with Crippen LogP contribution in [0.25, 0.3) is 0 Å². The van der Waals surface area contributed by atoms with Gasteiger partial charge in [0, 0.05) is 6.42 Å². The third-order valence-corrected chi connectivity index (χ3v) is 3.38. The zero-order valence-corrected chi connectivity index (χ0v) is 14.9. The van der Waals surface area contributed by atoms with E-state index in [-0.39, 0.29) is 6.42 Å². The summed E-state index contributed by atoms with van der Waals surface area (Å²) in [6.07, 6.45) is 22.7. The van der Waals surface area contributed by atoms with Gasteiger partial charge in [0.1, 0.15) is 6.61 Å². The molecule has 0 bridgehead atoms. The van der Waals surface area contributed by atoms with Crippen molar-refractivity contribution >= 4 is 11.9 Å². The predicted molar refractivity (Wildman–Crippen MR) is 97.4 cm³/mol. The lowest BCUT2D eigenvalue weighted by molar-refractivity contribution is -0.161. The van der Waals surface area contributed by atoms with Crippen molar-refractivity contribution in [2.45, 2.75) is 71.1 Å². The Bertz CT molecular complexity index is 408. The summed E-state index contributed by atoms with van der Waals surface area (Å²) in [5, 5.41) is 8.44. The number of aliphatic hydroxyl groups is 1.